The van der Waals surface area contributed by atoms with E-state index in [2.05, 4.69) is 29.0 Å². The lowest BCUT2D eigenvalue weighted by atomic mass is 10.1. The Balaban J connectivity index is 1.67. The van der Waals surface area contributed by atoms with Gasteiger partial charge in [0.05, 0.1) is 6.54 Å². The van der Waals surface area contributed by atoms with Crippen LogP contribution in [0.4, 0.5) is 0 Å². The van der Waals surface area contributed by atoms with Crippen molar-refractivity contribution in [1.29, 1.82) is 0 Å². The number of nitrogens with zero attached hydrogens (tertiary/aromatic N) is 2. The number of amides is 1. The number of nitrogens with one attached hydrogen (secondary N) is 1. The quantitative estimate of drug-likeness (QED) is 0.364. The molecule has 0 spiro atoms. The van der Waals surface area contributed by atoms with Crippen molar-refractivity contribution in [3.05, 3.63) is 47.5 Å². The average molecular weight is 300 g/mol. The Morgan fingerprint density at radius 2 is 2.00 bits per heavy atom. The van der Waals surface area contributed by atoms with Gasteiger partial charge in [0.25, 0.3) is 0 Å². The molecule has 5 heteroatoms. The van der Waals surface area contributed by atoms with Crippen molar-refractivity contribution in [2.24, 2.45) is 10.7 Å². The predicted molar refractivity (Wildman–Crippen MR) is 89.2 cm³/mol. The van der Waals surface area contributed by atoms with E-state index >= 15 is 0 Å². The van der Waals surface area contributed by atoms with Crippen LogP contribution < -0.4 is 11.1 Å². The summed E-state index contributed by atoms with van der Waals surface area (Å²) >= 11 is 0. The molecule has 0 atom stereocenters. The van der Waals surface area contributed by atoms with Crippen molar-refractivity contribution >= 4 is 11.9 Å². The topological polar surface area (TPSA) is 70.7 Å². The van der Waals surface area contributed by atoms with Crippen LogP contribution in [0, 0.1) is 0 Å². The molecule has 118 valence electrons. The number of fused-ring (bicyclic) bond motifs is 1. The molecule has 0 saturated carbocycles. The zero-order chi connectivity index (χ0) is 15.9. The smallest absolute Gasteiger partial charge is 0.223 e. The molecule has 1 heterocycles. The van der Waals surface area contributed by atoms with Gasteiger partial charge in [0.1, 0.15) is 0 Å². The molecule has 0 unspecified atom stereocenters. The summed E-state index contributed by atoms with van der Waals surface area (Å²) in [6.45, 7) is 8.31. The third-order valence-electron chi connectivity index (χ3n) is 3.59. The lowest BCUT2D eigenvalue weighted by molar-refractivity contribution is -0.131. The molecular formula is C17H24N4O. The number of carbonyl (C=O) groups excluding carboxylic acids is 1. The van der Waals surface area contributed by atoms with Crippen LogP contribution in [0.5, 0.6) is 0 Å². The summed E-state index contributed by atoms with van der Waals surface area (Å²) in [6.07, 6.45) is 1.27. The van der Waals surface area contributed by atoms with Crippen LogP contribution in [0.25, 0.3) is 0 Å². The molecule has 3 N–H and O–H groups in total. The highest BCUT2D eigenvalue weighted by atomic mass is 16.2. The van der Waals surface area contributed by atoms with Crippen molar-refractivity contribution in [2.75, 3.05) is 13.1 Å². The third kappa shape index (κ3) is 4.62. The van der Waals surface area contributed by atoms with Gasteiger partial charge in [-0.15, -0.1) is 0 Å². The maximum Gasteiger partial charge on any atom is 0.223 e. The van der Waals surface area contributed by atoms with Crippen LogP contribution in [0.15, 0.2) is 41.4 Å². The van der Waals surface area contributed by atoms with E-state index in [4.69, 9.17) is 5.73 Å². The molecule has 0 aromatic heterocycles. The molecule has 1 aliphatic heterocycles. The highest BCUT2D eigenvalue weighted by Crippen LogP contribution is 2.22. The Morgan fingerprint density at radius 3 is 2.59 bits per heavy atom. The van der Waals surface area contributed by atoms with Gasteiger partial charge in [-0.3, -0.25) is 4.79 Å². The largest absolute Gasteiger partial charge is 0.370 e. The number of benzene rings is 1. The average Bonchev–Trinajstić information content (AvgIpc) is 2.93. The summed E-state index contributed by atoms with van der Waals surface area (Å²) in [5.41, 5.74) is 9.20. The van der Waals surface area contributed by atoms with Gasteiger partial charge in [-0.25, -0.2) is 4.99 Å². The van der Waals surface area contributed by atoms with Gasteiger partial charge >= 0.3 is 0 Å². The Bertz CT molecular complexity index is 555. The van der Waals surface area contributed by atoms with Crippen molar-refractivity contribution in [3.63, 3.8) is 0 Å². The summed E-state index contributed by atoms with van der Waals surface area (Å²) in [5.74, 6) is 0.597. The van der Waals surface area contributed by atoms with Gasteiger partial charge in [0, 0.05) is 26.1 Å². The van der Waals surface area contributed by atoms with E-state index in [1.54, 1.807) is 0 Å². The first kappa shape index (κ1) is 16.1. The van der Waals surface area contributed by atoms with Crippen LogP contribution in [0.2, 0.25) is 0 Å². The summed E-state index contributed by atoms with van der Waals surface area (Å²) < 4.78 is 0. The number of hydrogen-bond donors (Lipinski definition) is 2. The third-order valence-corrected chi connectivity index (χ3v) is 3.59. The standard InChI is InChI=1S/C17H24N4O/c1-13(2)10-20-17(18)19-9-5-8-16(22)21-11-14-6-3-4-7-15(14)12-21/h3-4,6-7H,1,5,8-12H2,2H3,(H3,18,19,20). The number of hydrogen-bond acceptors (Lipinski definition) is 2. The molecule has 2 rings (SSSR count). The fourth-order valence-corrected chi connectivity index (χ4v) is 2.40. The molecule has 0 fully saturated rings. The van der Waals surface area contributed by atoms with Gasteiger partial charge < -0.3 is 16.0 Å². The molecule has 0 radical (unpaired) electrons. The number of aliphatic imine (C=N–C) groups is 1. The highest BCUT2D eigenvalue weighted by Gasteiger charge is 2.21. The minimum Gasteiger partial charge on any atom is -0.370 e. The maximum absolute atomic E-state index is 12.2. The number of rotatable bonds is 6. The van der Waals surface area contributed by atoms with Crippen LogP contribution in [-0.4, -0.2) is 29.9 Å². The second-order valence-corrected chi connectivity index (χ2v) is 5.71. The number of guanidine groups is 1. The molecule has 0 bridgehead atoms. The SMILES string of the molecule is C=C(C)CN=C(N)NCCCC(=O)N1Cc2ccccc2C1. The van der Waals surface area contributed by atoms with Crippen molar-refractivity contribution < 1.29 is 4.79 Å². The van der Waals surface area contributed by atoms with E-state index < -0.39 is 0 Å². The Kier molecular flexibility index (Phi) is 5.58. The highest BCUT2D eigenvalue weighted by molar-refractivity contribution is 5.78. The first-order valence-corrected chi connectivity index (χ1v) is 7.59. The normalized spacial score (nSPS) is 13.9. The second-order valence-electron chi connectivity index (χ2n) is 5.71. The zero-order valence-electron chi connectivity index (χ0n) is 13.1. The first-order valence-electron chi connectivity index (χ1n) is 7.59. The van der Waals surface area contributed by atoms with Crippen LogP contribution in [-0.2, 0) is 17.9 Å². The van der Waals surface area contributed by atoms with Crippen molar-refractivity contribution in [3.8, 4) is 0 Å². The molecule has 1 aromatic rings. The molecule has 22 heavy (non-hydrogen) atoms. The molecule has 1 aliphatic rings. The summed E-state index contributed by atoms with van der Waals surface area (Å²) in [6, 6.07) is 8.21. The summed E-state index contributed by atoms with van der Waals surface area (Å²) in [7, 11) is 0. The molecule has 1 amide bonds. The predicted octanol–water partition coefficient (Wildman–Crippen LogP) is 1.79. The van der Waals surface area contributed by atoms with Crippen LogP contribution >= 0.6 is 0 Å². The lowest BCUT2D eigenvalue weighted by Gasteiger charge is -2.15. The molecule has 1 aromatic carbocycles. The second kappa shape index (κ2) is 7.64. The Hall–Kier alpha value is -2.30. The van der Waals surface area contributed by atoms with Gasteiger partial charge in [-0.1, -0.05) is 36.4 Å². The van der Waals surface area contributed by atoms with E-state index in [9.17, 15) is 4.79 Å². The monoisotopic (exact) mass is 300 g/mol. The lowest BCUT2D eigenvalue weighted by Crippen LogP contribution is -2.33. The zero-order valence-corrected chi connectivity index (χ0v) is 13.1. The Morgan fingerprint density at radius 1 is 1.36 bits per heavy atom. The van der Waals surface area contributed by atoms with Gasteiger partial charge in [-0.2, -0.15) is 0 Å². The molecule has 5 nitrogen and oxygen atoms in total. The fourth-order valence-electron chi connectivity index (χ4n) is 2.40. The molecule has 0 aliphatic carbocycles. The van der Waals surface area contributed by atoms with Crippen molar-refractivity contribution in [2.45, 2.75) is 32.9 Å². The van der Waals surface area contributed by atoms with Crippen LogP contribution in [0.3, 0.4) is 0 Å². The van der Waals surface area contributed by atoms with Crippen molar-refractivity contribution in [1.82, 2.24) is 10.2 Å². The van der Waals surface area contributed by atoms with E-state index in [0.29, 0.717) is 25.5 Å². The minimum atomic E-state index is 0.190. The summed E-state index contributed by atoms with van der Waals surface area (Å²) in [4.78, 5) is 18.2. The van der Waals surface area contributed by atoms with E-state index in [0.717, 1.165) is 25.1 Å². The van der Waals surface area contributed by atoms with E-state index in [1.807, 2.05) is 24.0 Å². The van der Waals surface area contributed by atoms with Crippen LogP contribution in [0.1, 0.15) is 30.9 Å². The minimum absolute atomic E-state index is 0.190. The number of nitrogens with two attached hydrogens (primary N) is 1. The van der Waals surface area contributed by atoms with E-state index in [-0.39, 0.29) is 5.91 Å². The van der Waals surface area contributed by atoms with Gasteiger partial charge in [-0.05, 0) is 24.5 Å². The molecule has 0 saturated heterocycles. The van der Waals surface area contributed by atoms with Gasteiger partial charge in [0.15, 0.2) is 5.96 Å². The number of carbonyl (C=O) groups is 1. The van der Waals surface area contributed by atoms with E-state index in [1.165, 1.54) is 11.1 Å². The summed E-state index contributed by atoms with van der Waals surface area (Å²) in [5, 5.41) is 3.02. The molecular weight excluding hydrogens is 276 g/mol. The Labute approximate surface area is 131 Å². The maximum atomic E-state index is 12.2. The van der Waals surface area contributed by atoms with Gasteiger partial charge in [0.2, 0.25) is 5.91 Å². The first-order chi connectivity index (χ1) is 10.6. The fraction of sp³-hybridized carbons (Fsp3) is 0.412.